The lowest BCUT2D eigenvalue weighted by Crippen LogP contribution is -2.35. The fourth-order valence-corrected chi connectivity index (χ4v) is 3.46. The number of nitrogens with zero attached hydrogens (tertiary/aromatic N) is 3. The quantitative estimate of drug-likeness (QED) is 0.835. The van der Waals surface area contributed by atoms with Gasteiger partial charge in [-0.1, -0.05) is 36.2 Å². The molecular weight excluding hydrogens is 371 g/mol. The first-order valence-corrected chi connectivity index (χ1v) is 9.58. The summed E-state index contributed by atoms with van der Waals surface area (Å²) in [7, 11) is 0. The summed E-state index contributed by atoms with van der Waals surface area (Å²) in [6.45, 7) is 4.60. The Hall–Kier alpha value is -1.85. The number of nitrogens with one attached hydrogen (secondary N) is 1. The number of hydrogen-bond acceptors (Lipinski definition) is 4. The molecule has 1 aromatic carbocycles. The van der Waals surface area contributed by atoms with E-state index in [2.05, 4.69) is 27.1 Å². The van der Waals surface area contributed by atoms with Crippen molar-refractivity contribution in [3.63, 3.8) is 0 Å². The van der Waals surface area contributed by atoms with Crippen LogP contribution in [-0.4, -0.2) is 35.5 Å². The molecule has 0 atom stereocenters. The predicted molar refractivity (Wildman–Crippen MR) is 105 cm³/mol. The summed E-state index contributed by atoms with van der Waals surface area (Å²) in [5, 5.41) is 4.09. The van der Waals surface area contributed by atoms with Gasteiger partial charge in [0.15, 0.2) is 0 Å². The molecule has 0 bridgehead atoms. The van der Waals surface area contributed by atoms with Crippen LogP contribution in [-0.2, 0) is 6.42 Å². The Balaban J connectivity index is 1.57. The number of carbonyl (C=O) groups is 1. The van der Waals surface area contributed by atoms with Gasteiger partial charge in [-0.3, -0.25) is 4.79 Å². The highest BCUT2D eigenvalue weighted by molar-refractivity contribution is 6.35. The van der Waals surface area contributed by atoms with Crippen LogP contribution in [0.3, 0.4) is 0 Å². The molecule has 7 heteroatoms. The number of rotatable bonds is 5. The molecule has 3 rings (SSSR count). The van der Waals surface area contributed by atoms with Crippen molar-refractivity contribution < 1.29 is 4.79 Å². The highest BCUT2D eigenvalue weighted by atomic mass is 35.5. The van der Waals surface area contributed by atoms with Gasteiger partial charge in [-0.05, 0) is 48.9 Å². The van der Waals surface area contributed by atoms with Crippen molar-refractivity contribution in [3.8, 4) is 0 Å². The number of hydrogen-bond donors (Lipinski definition) is 1. The van der Waals surface area contributed by atoms with E-state index in [1.54, 1.807) is 24.4 Å². The summed E-state index contributed by atoms with van der Waals surface area (Å²) in [6, 6.07) is 7.01. The summed E-state index contributed by atoms with van der Waals surface area (Å²) < 4.78 is 0. The van der Waals surface area contributed by atoms with Gasteiger partial charge in [-0.25, -0.2) is 9.97 Å². The summed E-state index contributed by atoms with van der Waals surface area (Å²) in [5.74, 6) is 1.16. The minimum atomic E-state index is -0.205. The van der Waals surface area contributed by atoms with E-state index in [9.17, 15) is 4.79 Å². The molecule has 1 amide bonds. The van der Waals surface area contributed by atoms with Crippen molar-refractivity contribution in [1.82, 2.24) is 15.3 Å². The van der Waals surface area contributed by atoms with Crippen LogP contribution < -0.4 is 10.2 Å². The number of amides is 1. The van der Waals surface area contributed by atoms with Gasteiger partial charge in [0, 0.05) is 35.9 Å². The first-order valence-electron chi connectivity index (χ1n) is 8.83. The van der Waals surface area contributed by atoms with Crippen molar-refractivity contribution in [2.24, 2.45) is 5.92 Å². The number of halogens is 2. The lowest BCUT2D eigenvalue weighted by molar-refractivity contribution is 0.0949. The Bertz CT molecular complexity index is 776. The number of aromatic nitrogens is 2. The van der Waals surface area contributed by atoms with Crippen LogP contribution >= 0.6 is 23.2 Å². The largest absolute Gasteiger partial charge is 0.350 e. The summed E-state index contributed by atoms with van der Waals surface area (Å²) in [5.41, 5.74) is 1.33. The van der Waals surface area contributed by atoms with E-state index in [4.69, 9.17) is 23.2 Å². The van der Waals surface area contributed by atoms with Gasteiger partial charge < -0.3 is 10.2 Å². The van der Waals surface area contributed by atoms with Gasteiger partial charge in [0.2, 0.25) is 5.95 Å². The molecule has 0 spiro atoms. The third-order valence-corrected chi connectivity index (χ3v) is 5.22. The number of benzene rings is 1. The van der Waals surface area contributed by atoms with E-state index >= 15 is 0 Å². The van der Waals surface area contributed by atoms with Crippen molar-refractivity contribution in [3.05, 3.63) is 51.8 Å². The maximum absolute atomic E-state index is 12.4. The number of piperidine rings is 1. The SMILES string of the molecule is CC1CCN(c2nccc(C(=O)NCCc3ccc(Cl)cc3Cl)n2)CC1. The van der Waals surface area contributed by atoms with Gasteiger partial charge in [0.1, 0.15) is 5.69 Å². The minimum absolute atomic E-state index is 0.205. The van der Waals surface area contributed by atoms with Crippen molar-refractivity contribution in [1.29, 1.82) is 0 Å². The Kier molecular flexibility index (Phi) is 6.33. The van der Waals surface area contributed by atoms with Crippen LogP contribution in [0.5, 0.6) is 0 Å². The zero-order valence-corrected chi connectivity index (χ0v) is 16.2. The second-order valence-corrected chi connectivity index (χ2v) is 7.50. The summed E-state index contributed by atoms with van der Waals surface area (Å²) >= 11 is 12.1. The molecule has 1 aliphatic rings. The fraction of sp³-hybridized carbons (Fsp3) is 0.421. The molecule has 0 aliphatic carbocycles. The van der Waals surface area contributed by atoms with Crippen LogP contribution in [0.2, 0.25) is 10.0 Å². The topological polar surface area (TPSA) is 58.1 Å². The highest BCUT2D eigenvalue weighted by Crippen LogP contribution is 2.21. The van der Waals surface area contributed by atoms with E-state index < -0.39 is 0 Å². The maximum atomic E-state index is 12.4. The Labute approximate surface area is 163 Å². The molecule has 1 fully saturated rings. The molecule has 0 radical (unpaired) electrons. The van der Waals surface area contributed by atoms with Gasteiger partial charge >= 0.3 is 0 Å². The van der Waals surface area contributed by atoms with Crippen molar-refractivity contribution >= 4 is 35.1 Å². The van der Waals surface area contributed by atoms with Crippen molar-refractivity contribution in [2.45, 2.75) is 26.2 Å². The molecule has 0 saturated carbocycles. The highest BCUT2D eigenvalue weighted by Gasteiger charge is 2.19. The summed E-state index contributed by atoms with van der Waals surface area (Å²) in [4.78, 5) is 23.3. The molecule has 0 unspecified atom stereocenters. The molecular formula is C19H22Cl2N4O. The summed E-state index contributed by atoms with van der Waals surface area (Å²) in [6.07, 6.45) is 4.53. The van der Waals surface area contributed by atoms with E-state index in [0.717, 1.165) is 37.4 Å². The monoisotopic (exact) mass is 392 g/mol. The van der Waals surface area contributed by atoms with Crippen LogP contribution in [0.25, 0.3) is 0 Å². The molecule has 26 heavy (non-hydrogen) atoms. The fourth-order valence-electron chi connectivity index (χ4n) is 2.96. The minimum Gasteiger partial charge on any atom is -0.350 e. The van der Waals surface area contributed by atoms with Gasteiger partial charge in [-0.15, -0.1) is 0 Å². The standard InChI is InChI=1S/C19H22Cl2N4O/c1-13-6-10-25(11-7-13)19-23-9-5-17(24-19)18(26)22-8-4-14-2-3-15(20)12-16(14)21/h2-3,5,9,12-13H,4,6-8,10-11H2,1H3,(H,22,26). The van der Waals surface area contributed by atoms with E-state index in [0.29, 0.717) is 34.7 Å². The normalized spacial score (nSPS) is 15.1. The van der Waals surface area contributed by atoms with Gasteiger partial charge in [-0.2, -0.15) is 0 Å². The number of carbonyl (C=O) groups excluding carboxylic acids is 1. The zero-order valence-electron chi connectivity index (χ0n) is 14.7. The zero-order chi connectivity index (χ0) is 18.5. The third kappa shape index (κ3) is 4.86. The lowest BCUT2D eigenvalue weighted by Gasteiger charge is -2.30. The van der Waals surface area contributed by atoms with Crippen LogP contribution in [0, 0.1) is 5.92 Å². The molecule has 138 valence electrons. The lowest BCUT2D eigenvalue weighted by atomic mass is 10.00. The molecule has 2 aromatic rings. The van der Waals surface area contributed by atoms with Crippen LogP contribution in [0.1, 0.15) is 35.8 Å². The van der Waals surface area contributed by atoms with E-state index in [1.165, 1.54) is 0 Å². The first kappa shape index (κ1) is 18.9. The first-order chi connectivity index (χ1) is 12.5. The molecule has 1 N–H and O–H groups in total. The average Bonchev–Trinajstić information content (AvgIpc) is 2.64. The molecule has 5 nitrogen and oxygen atoms in total. The average molecular weight is 393 g/mol. The molecule has 2 heterocycles. The predicted octanol–water partition coefficient (Wildman–Crippen LogP) is 3.99. The smallest absolute Gasteiger partial charge is 0.270 e. The van der Waals surface area contributed by atoms with E-state index in [1.807, 2.05) is 6.07 Å². The second-order valence-electron chi connectivity index (χ2n) is 6.65. The third-order valence-electron chi connectivity index (χ3n) is 4.64. The molecule has 1 aliphatic heterocycles. The Morgan fingerprint density at radius 3 is 2.77 bits per heavy atom. The van der Waals surface area contributed by atoms with Crippen LogP contribution in [0.15, 0.2) is 30.5 Å². The van der Waals surface area contributed by atoms with Crippen molar-refractivity contribution in [2.75, 3.05) is 24.5 Å². The Morgan fingerprint density at radius 2 is 2.04 bits per heavy atom. The van der Waals surface area contributed by atoms with Gasteiger partial charge in [0.25, 0.3) is 5.91 Å². The van der Waals surface area contributed by atoms with E-state index in [-0.39, 0.29) is 5.91 Å². The number of anilines is 1. The Morgan fingerprint density at radius 1 is 1.27 bits per heavy atom. The second kappa shape index (κ2) is 8.69. The molecule has 1 aromatic heterocycles. The molecule has 1 saturated heterocycles. The van der Waals surface area contributed by atoms with Crippen LogP contribution in [0.4, 0.5) is 5.95 Å². The maximum Gasteiger partial charge on any atom is 0.270 e. The van der Waals surface area contributed by atoms with Gasteiger partial charge in [0.05, 0.1) is 0 Å².